The van der Waals surface area contributed by atoms with Crippen molar-refractivity contribution in [3.05, 3.63) is 53.6 Å². The van der Waals surface area contributed by atoms with Gasteiger partial charge in [-0.15, -0.1) is 0 Å². The Labute approximate surface area is 256 Å². The number of rotatable bonds is 7. The maximum absolute atomic E-state index is 17.1. The number of carbonyl (C=O) groups excluding carboxylic acids is 2. The van der Waals surface area contributed by atoms with E-state index >= 15 is 4.39 Å². The summed E-state index contributed by atoms with van der Waals surface area (Å²) >= 11 is 0. The van der Waals surface area contributed by atoms with E-state index in [9.17, 15) is 39.3 Å². The summed E-state index contributed by atoms with van der Waals surface area (Å²) in [5.74, 6) is -2.95. The number of hydrogen-bond donors (Lipinski definition) is 7. The third kappa shape index (κ3) is 5.43. The van der Waals surface area contributed by atoms with Crippen molar-refractivity contribution in [1.29, 1.82) is 0 Å². The van der Waals surface area contributed by atoms with E-state index in [0.29, 0.717) is 25.0 Å². The molecule has 11 nitrogen and oxygen atoms in total. The Morgan fingerprint density at radius 1 is 1.25 bits per heavy atom. The smallest absolute Gasteiger partial charge is 0.470 e. The summed E-state index contributed by atoms with van der Waals surface area (Å²) in [6.45, 7) is 4.36. The summed E-state index contributed by atoms with van der Waals surface area (Å²) in [4.78, 5) is 44.2. The van der Waals surface area contributed by atoms with Crippen molar-refractivity contribution >= 4 is 19.4 Å². The number of aromatic hydroxyl groups is 1. The Kier molecular flexibility index (Phi) is 9.55. The standard InChI is InChI=1S/C22H30FO8P.C9H13NO2/c1-12-8-16-15-5-4-13-9-14(25)6-7-19(13,2)21(15,23)17(26)10-20(16,3)22(12,18(27)11-24)31-32(28,29)30;1-10-6-9(12)7-3-2-4-8(11)5-7/h6-7,9,12,15-17,24,26H,4-5,8,10-11H2,1-3H3,(H2,28,29,30);2-5,9-12H,6H2,1H3/t12-,15?,16?,17+,19+,20+,21+,22+;/m1./s1. The number of benzene rings is 1. The van der Waals surface area contributed by atoms with Crippen molar-refractivity contribution in [2.24, 2.45) is 28.6 Å². The number of likely N-dealkylation sites (N-methyl/N-ethyl adjacent to an activating group) is 1. The number of phenols is 1. The molecule has 13 heteroatoms. The van der Waals surface area contributed by atoms with E-state index in [1.165, 1.54) is 18.2 Å². The molecule has 0 bridgehead atoms. The summed E-state index contributed by atoms with van der Waals surface area (Å²) in [5, 5.41) is 42.4. The van der Waals surface area contributed by atoms with Crippen molar-refractivity contribution in [3.8, 4) is 5.75 Å². The van der Waals surface area contributed by atoms with Gasteiger partial charge in [-0.25, -0.2) is 8.96 Å². The van der Waals surface area contributed by atoms with Crippen molar-refractivity contribution < 1.29 is 53.3 Å². The fraction of sp³-hybridized carbons (Fsp3) is 0.613. The number of hydrogen-bond acceptors (Lipinski definition) is 9. The summed E-state index contributed by atoms with van der Waals surface area (Å²) < 4.78 is 34.2. The number of nitrogens with one attached hydrogen (secondary N) is 1. The Morgan fingerprint density at radius 2 is 1.93 bits per heavy atom. The monoisotopic (exact) mass is 639 g/mol. The van der Waals surface area contributed by atoms with Gasteiger partial charge < -0.3 is 35.5 Å². The molecule has 0 heterocycles. The Hall–Kier alpha value is -2.28. The molecule has 5 rings (SSSR count). The topological polar surface area (TPSA) is 194 Å². The molecule has 44 heavy (non-hydrogen) atoms. The summed E-state index contributed by atoms with van der Waals surface area (Å²) in [6.07, 6.45) is 2.79. The van der Waals surface area contributed by atoms with Crippen LogP contribution in [0.15, 0.2) is 48.1 Å². The van der Waals surface area contributed by atoms with Gasteiger partial charge in [0.2, 0.25) is 0 Å². The molecule has 7 N–H and O–H groups in total. The van der Waals surface area contributed by atoms with Gasteiger partial charge in [-0.2, -0.15) is 0 Å². The molecule has 0 spiro atoms. The van der Waals surface area contributed by atoms with E-state index in [1.807, 2.05) is 0 Å². The number of aliphatic hydroxyl groups excluding tert-OH is 3. The number of fused-ring (bicyclic) bond motifs is 5. The predicted molar refractivity (Wildman–Crippen MR) is 158 cm³/mol. The molecule has 3 saturated carbocycles. The second-order valence-electron chi connectivity index (χ2n) is 13.0. The van der Waals surface area contributed by atoms with Crippen molar-refractivity contribution in [2.75, 3.05) is 20.2 Å². The second kappa shape index (κ2) is 12.1. The highest BCUT2D eigenvalue weighted by Gasteiger charge is 2.77. The van der Waals surface area contributed by atoms with E-state index in [1.54, 1.807) is 52.1 Å². The minimum atomic E-state index is -5.17. The first-order chi connectivity index (χ1) is 20.4. The normalized spacial score (nSPS) is 38.4. The maximum Gasteiger partial charge on any atom is 0.470 e. The zero-order chi connectivity index (χ0) is 32.9. The van der Waals surface area contributed by atoms with E-state index in [4.69, 9.17) is 9.63 Å². The first-order valence-corrected chi connectivity index (χ1v) is 16.3. The van der Waals surface area contributed by atoms with Gasteiger partial charge in [-0.05, 0) is 81.3 Å². The lowest BCUT2D eigenvalue weighted by Gasteiger charge is -2.63. The van der Waals surface area contributed by atoms with Gasteiger partial charge in [-0.1, -0.05) is 37.6 Å². The third-order valence-electron chi connectivity index (χ3n) is 10.7. The molecule has 0 radical (unpaired) electrons. The highest BCUT2D eigenvalue weighted by Crippen LogP contribution is 2.72. The largest absolute Gasteiger partial charge is 0.508 e. The fourth-order valence-electron chi connectivity index (χ4n) is 8.72. The molecular formula is C31H43FNO10P. The average Bonchev–Trinajstić information content (AvgIpc) is 3.15. The molecule has 0 aliphatic heterocycles. The van der Waals surface area contributed by atoms with E-state index in [0.717, 1.165) is 5.56 Å². The zero-order valence-electron chi connectivity index (χ0n) is 25.3. The first-order valence-electron chi connectivity index (χ1n) is 14.7. The zero-order valence-corrected chi connectivity index (χ0v) is 26.2. The van der Waals surface area contributed by atoms with Crippen LogP contribution in [-0.4, -0.2) is 79.4 Å². The summed E-state index contributed by atoms with van der Waals surface area (Å²) in [7, 11) is -3.40. The Balaban J connectivity index is 0.000000309. The number of phosphoric acid groups is 1. The number of phenolic OH excluding ortho intramolecular Hbond substituents is 1. The van der Waals surface area contributed by atoms with Gasteiger partial charge in [0.1, 0.15) is 18.0 Å². The van der Waals surface area contributed by atoms with Crippen molar-refractivity contribution in [2.45, 2.75) is 69.9 Å². The molecule has 9 atom stereocenters. The molecule has 4 aliphatic rings. The summed E-state index contributed by atoms with van der Waals surface area (Å²) in [5.41, 5.74) is -5.41. The van der Waals surface area contributed by atoms with Crippen LogP contribution in [0.3, 0.4) is 0 Å². The van der Waals surface area contributed by atoms with Crippen LogP contribution >= 0.6 is 7.82 Å². The molecule has 244 valence electrons. The van der Waals surface area contributed by atoms with Crippen molar-refractivity contribution in [3.63, 3.8) is 0 Å². The van der Waals surface area contributed by atoms with Gasteiger partial charge in [0, 0.05) is 23.3 Å². The SMILES string of the molecule is CNCC(O)c1cccc(O)c1.C[C@@H]1CC2C3CCC4=CC(=O)C=C[C@]4(C)[C@@]3(F)[C@@H](O)C[C@]2(C)[C@@]1(OP(=O)(O)O)C(=O)CO. The number of aliphatic hydroxyl groups is 3. The summed E-state index contributed by atoms with van der Waals surface area (Å²) in [6, 6.07) is 6.63. The van der Waals surface area contributed by atoms with Crippen LogP contribution in [0.5, 0.6) is 5.75 Å². The van der Waals surface area contributed by atoms with Crippen LogP contribution in [0.2, 0.25) is 0 Å². The van der Waals surface area contributed by atoms with Gasteiger partial charge in [0.15, 0.2) is 17.2 Å². The van der Waals surface area contributed by atoms with Crippen LogP contribution in [-0.2, 0) is 18.7 Å². The molecule has 3 unspecified atom stereocenters. The molecule has 0 amide bonds. The number of carbonyl (C=O) groups is 2. The minimum Gasteiger partial charge on any atom is -0.508 e. The van der Waals surface area contributed by atoms with Crippen LogP contribution < -0.4 is 5.32 Å². The van der Waals surface area contributed by atoms with Gasteiger partial charge >= 0.3 is 7.82 Å². The van der Waals surface area contributed by atoms with E-state index in [2.05, 4.69) is 5.32 Å². The van der Waals surface area contributed by atoms with E-state index < -0.39 is 72.3 Å². The van der Waals surface area contributed by atoms with Crippen LogP contribution in [0.1, 0.15) is 58.1 Å². The number of Topliss-reactive ketones (excluding diaryl/α,β-unsaturated/α-hetero) is 1. The number of halogens is 1. The lowest BCUT2D eigenvalue weighted by Crippen LogP contribution is -2.69. The Morgan fingerprint density at radius 3 is 2.52 bits per heavy atom. The minimum absolute atomic E-state index is 0.183. The highest BCUT2D eigenvalue weighted by molar-refractivity contribution is 7.46. The lowest BCUT2D eigenvalue weighted by molar-refractivity contribution is -0.217. The molecule has 4 aliphatic carbocycles. The van der Waals surface area contributed by atoms with Crippen LogP contribution in [0.25, 0.3) is 0 Å². The average molecular weight is 640 g/mol. The van der Waals surface area contributed by atoms with Gasteiger partial charge in [0.25, 0.3) is 0 Å². The first kappa shape index (κ1) is 34.6. The second-order valence-corrected chi connectivity index (χ2v) is 14.1. The Bertz CT molecular complexity index is 1400. The molecule has 1 aromatic rings. The molecule has 0 saturated heterocycles. The predicted octanol–water partition coefficient (Wildman–Crippen LogP) is 2.66. The molecule has 1 aromatic carbocycles. The molecule has 3 fully saturated rings. The number of ketones is 2. The van der Waals surface area contributed by atoms with Crippen LogP contribution in [0.4, 0.5) is 4.39 Å². The third-order valence-corrected chi connectivity index (χ3v) is 11.2. The fourth-order valence-corrected chi connectivity index (χ4v) is 9.58. The van der Waals surface area contributed by atoms with Crippen molar-refractivity contribution in [1.82, 2.24) is 5.32 Å². The van der Waals surface area contributed by atoms with Crippen LogP contribution in [0, 0.1) is 28.6 Å². The maximum atomic E-state index is 17.1. The quantitative estimate of drug-likeness (QED) is 0.217. The number of alkyl halides is 1. The molecular weight excluding hydrogens is 596 g/mol. The highest BCUT2D eigenvalue weighted by atomic mass is 31.2. The molecule has 0 aromatic heterocycles. The number of allylic oxidation sites excluding steroid dienone is 4. The van der Waals surface area contributed by atoms with E-state index in [-0.39, 0.29) is 24.4 Å². The lowest BCUT2D eigenvalue weighted by atomic mass is 9.44. The van der Waals surface area contributed by atoms with Gasteiger partial charge in [0.05, 0.1) is 12.2 Å². The van der Waals surface area contributed by atoms with Gasteiger partial charge in [-0.3, -0.25) is 14.1 Å². The number of phosphoric ester groups is 1.